The van der Waals surface area contributed by atoms with E-state index in [0.29, 0.717) is 30.2 Å². The molecule has 2 rings (SSSR count). The maximum Gasteiger partial charge on any atom is 0.236 e. The van der Waals surface area contributed by atoms with Gasteiger partial charge >= 0.3 is 0 Å². The van der Waals surface area contributed by atoms with Gasteiger partial charge in [0.05, 0.1) is 12.3 Å². The van der Waals surface area contributed by atoms with Crippen molar-refractivity contribution >= 4 is 23.6 Å². The summed E-state index contributed by atoms with van der Waals surface area (Å²) in [4.78, 5) is 32.4. The van der Waals surface area contributed by atoms with Crippen molar-refractivity contribution in [2.45, 2.75) is 25.8 Å². The number of hydrogen-bond acceptors (Lipinski definition) is 5. The first-order valence-corrected chi connectivity index (χ1v) is 10.7. The third kappa shape index (κ3) is 6.15. The molecule has 144 valence electrons. The monoisotopic (exact) mass is 370 g/mol. The number of likely N-dealkylation sites (tertiary alicyclic amines) is 1. The summed E-state index contributed by atoms with van der Waals surface area (Å²) >= 11 is 1.61. The molecule has 0 N–H and O–H groups in total. The Balaban J connectivity index is 1.71. The second-order valence-electron chi connectivity index (χ2n) is 7.62. The summed E-state index contributed by atoms with van der Waals surface area (Å²) in [6, 6.07) is 0.417. The lowest BCUT2D eigenvalue weighted by Gasteiger charge is -2.42. The molecule has 7 heteroatoms. The average molecular weight is 371 g/mol. The Hall–Kier alpha value is -0.790. The Labute approximate surface area is 156 Å². The number of nitrogens with zero attached hydrogens (tertiary/aromatic N) is 4. The van der Waals surface area contributed by atoms with Crippen LogP contribution in [0.2, 0.25) is 0 Å². The number of amides is 2. The SMILES string of the molecule is CSCC(=O)N1CCC(CN2CCN(CC(=O)N(C)C)[C@H](C)C2)CC1. The molecule has 0 bridgehead atoms. The quantitative estimate of drug-likeness (QED) is 0.688. The number of carbonyl (C=O) groups is 2. The number of piperazine rings is 1. The molecular formula is C18H34N4O2S. The molecule has 2 aliphatic rings. The molecular weight excluding hydrogens is 336 g/mol. The molecule has 0 spiro atoms. The highest BCUT2D eigenvalue weighted by Crippen LogP contribution is 2.21. The summed E-state index contributed by atoms with van der Waals surface area (Å²) in [6.45, 7) is 8.74. The third-order valence-corrected chi connectivity index (χ3v) is 5.97. The van der Waals surface area contributed by atoms with Gasteiger partial charge < -0.3 is 14.7 Å². The Morgan fingerprint density at radius 2 is 1.80 bits per heavy atom. The summed E-state index contributed by atoms with van der Waals surface area (Å²) in [5, 5.41) is 0. The van der Waals surface area contributed by atoms with Crippen LogP contribution in [-0.2, 0) is 9.59 Å². The van der Waals surface area contributed by atoms with Crippen LogP contribution in [0, 0.1) is 5.92 Å². The standard InChI is InChI=1S/C18H34N4O2S/c1-15-11-20(9-10-22(15)13-17(23)19(2)3)12-16-5-7-21(8-6-16)18(24)14-25-4/h15-16H,5-14H2,1-4H3/t15-/m1/s1. The molecule has 2 aliphatic heterocycles. The fourth-order valence-corrected chi connectivity index (χ4v) is 4.16. The largest absolute Gasteiger partial charge is 0.348 e. The van der Waals surface area contributed by atoms with Gasteiger partial charge in [0.2, 0.25) is 11.8 Å². The zero-order valence-electron chi connectivity index (χ0n) is 16.2. The van der Waals surface area contributed by atoms with Crippen LogP contribution < -0.4 is 0 Å². The highest BCUT2D eigenvalue weighted by Gasteiger charge is 2.29. The van der Waals surface area contributed by atoms with E-state index in [9.17, 15) is 9.59 Å². The Morgan fingerprint density at radius 3 is 2.36 bits per heavy atom. The van der Waals surface area contributed by atoms with Gasteiger partial charge in [-0.15, -0.1) is 0 Å². The van der Waals surface area contributed by atoms with Crippen LogP contribution in [0.1, 0.15) is 19.8 Å². The van der Waals surface area contributed by atoms with E-state index in [1.807, 2.05) is 25.3 Å². The molecule has 1 atom stereocenters. The van der Waals surface area contributed by atoms with Gasteiger partial charge in [0.25, 0.3) is 0 Å². The van der Waals surface area contributed by atoms with E-state index in [2.05, 4.69) is 16.7 Å². The topological polar surface area (TPSA) is 47.1 Å². The van der Waals surface area contributed by atoms with Gasteiger partial charge in [-0.2, -0.15) is 11.8 Å². The van der Waals surface area contributed by atoms with Crippen LogP contribution in [0.25, 0.3) is 0 Å². The molecule has 25 heavy (non-hydrogen) atoms. The van der Waals surface area contributed by atoms with Gasteiger partial charge in [0.1, 0.15) is 0 Å². The van der Waals surface area contributed by atoms with Crippen molar-refractivity contribution in [1.82, 2.24) is 19.6 Å². The van der Waals surface area contributed by atoms with E-state index < -0.39 is 0 Å². The Kier molecular flexibility index (Phi) is 8.03. The molecule has 0 aliphatic carbocycles. The molecule has 0 radical (unpaired) electrons. The molecule has 0 aromatic carbocycles. The molecule has 2 saturated heterocycles. The zero-order valence-corrected chi connectivity index (χ0v) is 17.1. The lowest BCUT2D eigenvalue weighted by atomic mass is 9.95. The smallest absolute Gasteiger partial charge is 0.236 e. The third-order valence-electron chi connectivity index (χ3n) is 5.44. The van der Waals surface area contributed by atoms with Gasteiger partial charge in [0, 0.05) is 59.4 Å². The van der Waals surface area contributed by atoms with E-state index in [1.165, 1.54) is 0 Å². The first-order chi connectivity index (χ1) is 11.9. The minimum absolute atomic E-state index is 0.183. The van der Waals surface area contributed by atoms with Crippen molar-refractivity contribution in [3.8, 4) is 0 Å². The fraction of sp³-hybridized carbons (Fsp3) is 0.889. The molecule has 0 aromatic heterocycles. The maximum absolute atomic E-state index is 12.0. The number of rotatable bonds is 6. The van der Waals surface area contributed by atoms with Gasteiger partial charge in [-0.1, -0.05) is 0 Å². The number of hydrogen-bond donors (Lipinski definition) is 0. The van der Waals surface area contributed by atoms with Crippen molar-refractivity contribution in [3.05, 3.63) is 0 Å². The molecule has 0 unspecified atom stereocenters. The minimum Gasteiger partial charge on any atom is -0.348 e. The first kappa shape index (κ1) is 20.5. The normalized spacial score (nSPS) is 23.7. The molecule has 0 saturated carbocycles. The zero-order chi connectivity index (χ0) is 18.4. The van der Waals surface area contributed by atoms with Crippen molar-refractivity contribution in [2.24, 2.45) is 5.92 Å². The van der Waals surface area contributed by atoms with Crippen LogP contribution in [0.15, 0.2) is 0 Å². The number of piperidine rings is 1. The van der Waals surface area contributed by atoms with Crippen LogP contribution in [-0.4, -0.2) is 109 Å². The van der Waals surface area contributed by atoms with Gasteiger partial charge in [-0.3, -0.25) is 14.5 Å². The van der Waals surface area contributed by atoms with E-state index in [-0.39, 0.29) is 5.91 Å². The highest BCUT2D eigenvalue weighted by atomic mass is 32.2. The summed E-state index contributed by atoms with van der Waals surface area (Å²) in [6.07, 6.45) is 4.22. The predicted molar refractivity (Wildman–Crippen MR) is 104 cm³/mol. The van der Waals surface area contributed by atoms with Crippen molar-refractivity contribution in [3.63, 3.8) is 0 Å². The molecule has 2 amide bonds. The number of carbonyl (C=O) groups excluding carboxylic acids is 2. The molecule has 0 aromatic rings. The molecule has 2 heterocycles. The van der Waals surface area contributed by atoms with Gasteiger partial charge in [-0.25, -0.2) is 0 Å². The number of likely N-dealkylation sites (N-methyl/N-ethyl adjacent to an activating group) is 1. The Morgan fingerprint density at radius 1 is 1.12 bits per heavy atom. The maximum atomic E-state index is 12.0. The van der Waals surface area contributed by atoms with Crippen molar-refractivity contribution in [2.75, 3.05) is 71.9 Å². The predicted octanol–water partition coefficient (Wildman–Crippen LogP) is 0.682. The summed E-state index contributed by atoms with van der Waals surface area (Å²) in [5.41, 5.74) is 0. The van der Waals surface area contributed by atoms with E-state index in [0.717, 1.165) is 52.1 Å². The van der Waals surface area contributed by atoms with Crippen molar-refractivity contribution in [1.29, 1.82) is 0 Å². The average Bonchev–Trinajstić information content (AvgIpc) is 2.58. The molecule has 2 fully saturated rings. The minimum atomic E-state index is 0.183. The highest BCUT2D eigenvalue weighted by molar-refractivity contribution is 7.99. The lowest BCUT2D eigenvalue weighted by molar-refractivity contribution is -0.131. The summed E-state index contributed by atoms with van der Waals surface area (Å²) in [5.74, 6) is 1.78. The van der Waals surface area contributed by atoms with Gasteiger partial charge in [0.15, 0.2) is 0 Å². The second-order valence-corrected chi connectivity index (χ2v) is 8.49. The van der Waals surface area contributed by atoms with Crippen LogP contribution in [0.4, 0.5) is 0 Å². The Bertz CT molecular complexity index is 452. The second kappa shape index (κ2) is 9.78. The van der Waals surface area contributed by atoms with Gasteiger partial charge in [-0.05, 0) is 31.9 Å². The van der Waals surface area contributed by atoms with E-state index in [1.54, 1.807) is 16.7 Å². The van der Waals surface area contributed by atoms with Crippen LogP contribution >= 0.6 is 11.8 Å². The lowest BCUT2D eigenvalue weighted by Crippen LogP contribution is -2.55. The van der Waals surface area contributed by atoms with E-state index >= 15 is 0 Å². The van der Waals surface area contributed by atoms with Crippen LogP contribution in [0.3, 0.4) is 0 Å². The van der Waals surface area contributed by atoms with Crippen molar-refractivity contribution < 1.29 is 9.59 Å². The summed E-state index contributed by atoms with van der Waals surface area (Å²) < 4.78 is 0. The first-order valence-electron chi connectivity index (χ1n) is 9.34. The number of thioether (sulfide) groups is 1. The van der Waals surface area contributed by atoms with Crippen LogP contribution in [0.5, 0.6) is 0 Å². The van der Waals surface area contributed by atoms with E-state index in [4.69, 9.17) is 0 Å². The molecule has 6 nitrogen and oxygen atoms in total. The summed E-state index contributed by atoms with van der Waals surface area (Å²) in [7, 11) is 3.64. The fourth-order valence-electron chi connectivity index (χ4n) is 3.73.